The first-order valence-electron chi connectivity index (χ1n) is 4.20. The normalized spacial score (nSPS) is 12.2. The van der Waals surface area contributed by atoms with Crippen LogP contribution in [0.25, 0.3) is 0 Å². The average Bonchev–Trinajstić information content (AvgIpc) is 2.15. The molecule has 0 radical (unpaired) electrons. The number of halogens is 2. The Kier molecular flexibility index (Phi) is 3.17. The molecule has 0 spiro atoms. The van der Waals surface area contributed by atoms with Gasteiger partial charge in [-0.3, -0.25) is 14.9 Å². The van der Waals surface area contributed by atoms with Crippen molar-refractivity contribution < 1.29 is 23.6 Å². The van der Waals surface area contributed by atoms with E-state index in [4.69, 9.17) is 5.11 Å². The van der Waals surface area contributed by atoms with Crippen molar-refractivity contribution in [2.75, 3.05) is 0 Å². The average molecular weight is 231 g/mol. The zero-order chi connectivity index (χ0) is 12.5. The molecule has 1 aromatic rings. The number of nitro benzene ring substituents is 1. The molecule has 5 nitrogen and oxygen atoms in total. The molecule has 16 heavy (non-hydrogen) atoms. The maximum Gasteiger partial charge on any atom is 0.310 e. The highest BCUT2D eigenvalue weighted by atomic mass is 19.1. The zero-order valence-corrected chi connectivity index (χ0v) is 8.11. The van der Waals surface area contributed by atoms with Gasteiger partial charge in [0.25, 0.3) is 5.69 Å². The zero-order valence-electron chi connectivity index (χ0n) is 8.11. The van der Waals surface area contributed by atoms with Gasteiger partial charge in [-0.05, 0) is 6.92 Å². The number of nitrogens with zero attached hydrogens (tertiary/aromatic N) is 1. The molecule has 0 aliphatic rings. The Morgan fingerprint density at radius 3 is 2.19 bits per heavy atom. The van der Waals surface area contributed by atoms with Crippen LogP contribution >= 0.6 is 0 Å². The molecule has 86 valence electrons. The molecular formula is C9H7F2NO4. The lowest BCUT2D eigenvalue weighted by Crippen LogP contribution is -2.12. The van der Waals surface area contributed by atoms with E-state index in [0.717, 1.165) is 6.92 Å². The largest absolute Gasteiger partial charge is 0.481 e. The van der Waals surface area contributed by atoms with Gasteiger partial charge >= 0.3 is 5.97 Å². The number of benzene rings is 1. The molecular weight excluding hydrogens is 224 g/mol. The lowest BCUT2D eigenvalue weighted by Gasteiger charge is -2.08. The SMILES string of the molecule is C[C@@H](C(=O)O)c1c(F)cc([N+](=O)[O-])cc1F. The minimum atomic E-state index is -1.41. The molecule has 0 aromatic heterocycles. The van der Waals surface area contributed by atoms with Crippen molar-refractivity contribution in [2.45, 2.75) is 12.8 Å². The summed E-state index contributed by atoms with van der Waals surface area (Å²) in [5, 5.41) is 18.9. The summed E-state index contributed by atoms with van der Waals surface area (Å²) in [5.41, 5.74) is -1.44. The van der Waals surface area contributed by atoms with E-state index in [1.54, 1.807) is 0 Å². The van der Waals surface area contributed by atoms with Crippen LogP contribution in [0, 0.1) is 21.7 Å². The van der Waals surface area contributed by atoms with Crippen molar-refractivity contribution in [2.24, 2.45) is 0 Å². The third kappa shape index (κ3) is 2.13. The maximum atomic E-state index is 13.3. The van der Waals surface area contributed by atoms with Crippen LogP contribution in [0.2, 0.25) is 0 Å². The van der Waals surface area contributed by atoms with Crippen LogP contribution in [0.3, 0.4) is 0 Å². The molecule has 1 N–H and O–H groups in total. The van der Waals surface area contributed by atoms with Crippen LogP contribution in [-0.4, -0.2) is 16.0 Å². The van der Waals surface area contributed by atoms with Crippen molar-refractivity contribution in [1.82, 2.24) is 0 Å². The van der Waals surface area contributed by atoms with Crippen LogP contribution in [0.4, 0.5) is 14.5 Å². The number of carboxylic acids is 1. The maximum absolute atomic E-state index is 13.3. The number of carboxylic acid groups (broad SMARTS) is 1. The fourth-order valence-electron chi connectivity index (χ4n) is 1.21. The molecule has 0 fully saturated rings. The first kappa shape index (κ1) is 12.0. The van der Waals surface area contributed by atoms with Gasteiger partial charge in [-0.25, -0.2) is 8.78 Å². The van der Waals surface area contributed by atoms with E-state index in [0.29, 0.717) is 12.1 Å². The predicted octanol–water partition coefficient (Wildman–Crippen LogP) is 2.06. The number of carbonyl (C=O) groups is 1. The highest BCUT2D eigenvalue weighted by molar-refractivity contribution is 5.75. The van der Waals surface area contributed by atoms with Gasteiger partial charge < -0.3 is 5.11 Å². The number of aliphatic carboxylic acids is 1. The van der Waals surface area contributed by atoms with E-state index in [-0.39, 0.29) is 0 Å². The molecule has 7 heteroatoms. The molecule has 1 atom stereocenters. The summed E-state index contributed by atoms with van der Waals surface area (Å²) in [7, 11) is 0. The molecule has 0 bridgehead atoms. The van der Waals surface area contributed by atoms with Gasteiger partial charge in [0.05, 0.1) is 23.0 Å². The van der Waals surface area contributed by atoms with Crippen molar-refractivity contribution in [3.63, 3.8) is 0 Å². The van der Waals surface area contributed by atoms with Gasteiger partial charge in [-0.1, -0.05) is 0 Å². The third-order valence-electron chi connectivity index (χ3n) is 2.08. The Morgan fingerprint density at radius 1 is 1.44 bits per heavy atom. The van der Waals surface area contributed by atoms with Gasteiger partial charge in [-0.15, -0.1) is 0 Å². The second kappa shape index (κ2) is 4.21. The smallest absolute Gasteiger partial charge is 0.310 e. The molecule has 0 aliphatic carbocycles. The topological polar surface area (TPSA) is 80.4 Å². The number of non-ortho nitro benzene ring substituents is 1. The van der Waals surface area contributed by atoms with Crippen molar-refractivity contribution in [3.05, 3.63) is 39.4 Å². The third-order valence-corrected chi connectivity index (χ3v) is 2.08. The second-order valence-corrected chi connectivity index (χ2v) is 3.14. The summed E-state index contributed by atoms with van der Waals surface area (Å²) in [4.78, 5) is 19.9. The van der Waals surface area contributed by atoms with E-state index in [9.17, 15) is 23.7 Å². The van der Waals surface area contributed by atoms with Crippen molar-refractivity contribution in [3.8, 4) is 0 Å². The molecule has 1 rings (SSSR count). The Labute approximate surface area is 88.5 Å². The predicted molar refractivity (Wildman–Crippen MR) is 49.1 cm³/mol. The minimum Gasteiger partial charge on any atom is -0.481 e. The highest BCUT2D eigenvalue weighted by Crippen LogP contribution is 2.26. The number of nitro groups is 1. The lowest BCUT2D eigenvalue weighted by atomic mass is 10.00. The van der Waals surface area contributed by atoms with E-state index in [1.165, 1.54) is 0 Å². The first-order valence-corrected chi connectivity index (χ1v) is 4.20. The molecule has 0 unspecified atom stereocenters. The van der Waals surface area contributed by atoms with E-state index in [2.05, 4.69) is 0 Å². The van der Waals surface area contributed by atoms with Crippen molar-refractivity contribution >= 4 is 11.7 Å². The first-order chi connectivity index (χ1) is 7.34. The van der Waals surface area contributed by atoms with E-state index >= 15 is 0 Å². The molecule has 0 amide bonds. The number of rotatable bonds is 3. The van der Waals surface area contributed by atoms with Crippen LogP contribution < -0.4 is 0 Å². The molecule has 1 aromatic carbocycles. The molecule has 0 heterocycles. The standard InChI is InChI=1S/C9H7F2NO4/c1-4(9(13)14)8-6(10)2-5(12(15)16)3-7(8)11/h2-4H,1H3,(H,13,14)/t4-/m1/s1. The monoisotopic (exact) mass is 231 g/mol. The van der Waals surface area contributed by atoms with Gasteiger partial charge in [0.15, 0.2) is 0 Å². The van der Waals surface area contributed by atoms with Crippen molar-refractivity contribution in [1.29, 1.82) is 0 Å². The van der Waals surface area contributed by atoms with Gasteiger partial charge in [0.2, 0.25) is 0 Å². The van der Waals surface area contributed by atoms with E-state index < -0.39 is 39.7 Å². The summed E-state index contributed by atoms with van der Waals surface area (Å²) in [5.74, 6) is -5.28. The minimum absolute atomic E-state index is 0.498. The lowest BCUT2D eigenvalue weighted by molar-refractivity contribution is -0.385. The summed E-state index contributed by atoms with van der Waals surface area (Å²) < 4.78 is 26.5. The molecule has 0 saturated carbocycles. The van der Waals surface area contributed by atoms with Gasteiger partial charge in [-0.2, -0.15) is 0 Å². The van der Waals surface area contributed by atoms with Gasteiger partial charge in [0.1, 0.15) is 11.6 Å². The molecule has 0 aliphatic heterocycles. The van der Waals surface area contributed by atoms with Crippen LogP contribution in [0.15, 0.2) is 12.1 Å². The Hall–Kier alpha value is -2.05. The highest BCUT2D eigenvalue weighted by Gasteiger charge is 2.25. The fraction of sp³-hybridized carbons (Fsp3) is 0.222. The number of hydrogen-bond donors (Lipinski definition) is 1. The summed E-state index contributed by atoms with van der Waals surface area (Å²) in [6.07, 6.45) is 0. The molecule has 0 saturated heterocycles. The second-order valence-electron chi connectivity index (χ2n) is 3.14. The van der Waals surface area contributed by atoms with Crippen LogP contribution in [0.5, 0.6) is 0 Å². The fourth-order valence-corrected chi connectivity index (χ4v) is 1.21. The summed E-state index contributed by atoms with van der Waals surface area (Å²) >= 11 is 0. The summed E-state index contributed by atoms with van der Waals surface area (Å²) in [6.45, 7) is 1.09. The Balaban J connectivity index is 3.33. The summed E-state index contributed by atoms with van der Waals surface area (Å²) in [6, 6.07) is 0.996. The van der Waals surface area contributed by atoms with Crippen LogP contribution in [0.1, 0.15) is 18.4 Å². The Bertz CT molecular complexity index is 438. The number of hydrogen-bond acceptors (Lipinski definition) is 3. The quantitative estimate of drug-likeness (QED) is 0.637. The Morgan fingerprint density at radius 2 is 1.88 bits per heavy atom. The van der Waals surface area contributed by atoms with E-state index in [1.807, 2.05) is 0 Å². The van der Waals surface area contributed by atoms with Crippen LogP contribution in [-0.2, 0) is 4.79 Å². The van der Waals surface area contributed by atoms with Gasteiger partial charge in [0, 0.05) is 5.56 Å².